The van der Waals surface area contributed by atoms with Crippen molar-refractivity contribution in [2.75, 3.05) is 0 Å². The summed E-state index contributed by atoms with van der Waals surface area (Å²) in [7, 11) is 0. The molecule has 22 heavy (non-hydrogen) atoms. The standard InChI is InChI=1S/C20H38O2/c1-14(2)13-15(3)18(21)22-17-11-9-16(10-12-17)20(7,8)19(4,5)6/h14-17H,9-13H2,1-8H3. The highest BCUT2D eigenvalue weighted by Crippen LogP contribution is 2.49. The van der Waals surface area contributed by atoms with Gasteiger partial charge in [0.05, 0.1) is 5.92 Å². The summed E-state index contributed by atoms with van der Waals surface area (Å²) in [4.78, 5) is 12.2. The van der Waals surface area contributed by atoms with Crippen molar-refractivity contribution in [3.05, 3.63) is 0 Å². The molecular formula is C20H38O2. The van der Waals surface area contributed by atoms with Crippen molar-refractivity contribution in [3.63, 3.8) is 0 Å². The minimum absolute atomic E-state index is 0.00670. The van der Waals surface area contributed by atoms with E-state index >= 15 is 0 Å². The fourth-order valence-electron chi connectivity index (χ4n) is 3.60. The van der Waals surface area contributed by atoms with Crippen LogP contribution in [-0.4, -0.2) is 12.1 Å². The van der Waals surface area contributed by atoms with Gasteiger partial charge in [0.1, 0.15) is 6.10 Å². The van der Waals surface area contributed by atoms with Gasteiger partial charge in [-0.15, -0.1) is 0 Å². The molecule has 2 nitrogen and oxygen atoms in total. The van der Waals surface area contributed by atoms with E-state index in [-0.39, 0.29) is 18.0 Å². The van der Waals surface area contributed by atoms with Crippen LogP contribution < -0.4 is 0 Å². The Morgan fingerprint density at radius 2 is 1.50 bits per heavy atom. The van der Waals surface area contributed by atoms with Gasteiger partial charge in [0.2, 0.25) is 0 Å². The molecule has 0 aliphatic heterocycles. The third kappa shape index (κ3) is 4.99. The number of hydrogen-bond acceptors (Lipinski definition) is 2. The van der Waals surface area contributed by atoms with Crippen molar-refractivity contribution in [1.29, 1.82) is 0 Å². The lowest BCUT2D eigenvalue weighted by atomic mass is 9.58. The van der Waals surface area contributed by atoms with Crippen molar-refractivity contribution >= 4 is 5.97 Å². The van der Waals surface area contributed by atoms with Crippen LogP contribution in [0.25, 0.3) is 0 Å². The maximum atomic E-state index is 12.2. The number of rotatable bonds is 5. The van der Waals surface area contributed by atoms with Crippen molar-refractivity contribution in [1.82, 2.24) is 0 Å². The predicted octanol–water partition coefficient (Wildman–Crippen LogP) is 5.84. The largest absolute Gasteiger partial charge is 0.462 e. The van der Waals surface area contributed by atoms with E-state index in [9.17, 15) is 4.79 Å². The Balaban J connectivity index is 2.48. The Hall–Kier alpha value is -0.530. The Bertz CT molecular complexity index is 354. The van der Waals surface area contributed by atoms with Crippen LogP contribution in [0.3, 0.4) is 0 Å². The van der Waals surface area contributed by atoms with E-state index in [0.717, 1.165) is 25.2 Å². The van der Waals surface area contributed by atoms with Crippen LogP contribution >= 0.6 is 0 Å². The molecule has 0 bridgehead atoms. The molecule has 1 fully saturated rings. The first-order valence-electron chi connectivity index (χ1n) is 9.15. The van der Waals surface area contributed by atoms with Crippen LogP contribution in [0.5, 0.6) is 0 Å². The highest BCUT2D eigenvalue weighted by molar-refractivity contribution is 5.72. The molecule has 130 valence electrons. The van der Waals surface area contributed by atoms with E-state index in [1.54, 1.807) is 0 Å². The number of hydrogen-bond donors (Lipinski definition) is 0. The van der Waals surface area contributed by atoms with Gasteiger partial charge in [-0.2, -0.15) is 0 Å². The van der Waals surface area contributed by atoms with Crippen molar-refractivity contribution in [2.24, 2.45) is 28.6 Å². The van der Waals surface area contributed by atoms with Crippen LogP contribution in [0.15, 0.2) is 0 Å². The highest BCUT2D eigenvalue weighted by atomic mass is 16.5. The fraction of sp³-hybridized carbons (Fsp3) is 0.950. The summed E-state index contributed by atoms with van der Waals surface area (Å²) in [6, 6.07) is 0. The molecule has 1 aliphatic carbocycles. The van der Waals surface area contributed by atoms with Crippen molar-refractivity contribution in [3.8, 4) is 0 Å². The molecule has 1 rings (SSSR count). The molecule has 0 heterocycles. The Kier molecular flexibility index (Phi) is 6.53. The first-order valence-corrected chi connectivity index (χ1v) is 9.15. The Morgan fingerprint density at radius 1 is 1.00 bits per heavy atom. The molecule has 0 saturated heterocycles. The summed E-state index contributed by atoms with van der Waals surface area (Å²) >= 11 is 0. The Morgan fingerprint density at radius 3 is 1.91 bits per heavy atom. The summed E-state index contributed by atoms with van der Waals surface area (Å²) < 4.78 is 5.76. The summed E-state index contributed by atoms with van der Waals surface area (Å²) in [5.74, 6) is 1.32. The minimum Gasteiger partial charge on any atom is -0.462 e. The normalized spacial score (nSPS) is 25.1. The summed E-state index contributed by atoms with van der Waals surface area (Å²) in [5, 5.41) is 0. The monoisotopic (exact) mass is 310 g/mol. The first kappa shape index (κ1) is 19.5. The molecule has 1 aliphatic rings. The second-order valence-corrected chi connectivity index (χ2v) is 9.41. The van der Waals surface area contributed by atoms with Gasteiger partial charge in [-0.05, 0) is 54.8 Å². The minimum atomic E-state index is 0.00670. The highest BCUT2D eigenvalue weighted by Gasteiger charge is 2.41. The second-order valence-electron chi connectivity index (χ2n) is 9.41. The van der Waals surface area contributed by atoms with E-state index < -0.39 is 0 Å². The van der Waals surface area contributed by atoms with E-state index in [0.29, 0.717) is 16.7 Å². The molecular weight excluding hydrogens is 272 g/mol. The topological polar surface area (TPSA) is 26.3 Å². The van der Waals surface area contributed by atoms with Gasteiger partial charge in [0, 0.05) is 0 Å². The van der Waals surface area contributed by atoms with Crippen molar-refractivity contribution < 1.29 is 9.53 Å². The first-order chi connectivity index (χ1) is 9.95. The molecule has 0 spiro atoms. The zero-order valence-corrected chi connectivity index (χ0v) is 16.2. The molecule has 1 unspecified atom stereocenters. The smallest absolute Gasteiger partial charge is 0.308 e. The van der Waals surface area contributed by atoms with Crippen LogP contribution in [-0.2, 0) is 9.53 Å². The molecule has 0 amide bonds. The van der Waals surface area contributed by atoms with Gasteiger partial charge in [0.25, 0.3) is 0 Å². The third-order valence-corrected chi connectivity index (χ3v) is 6.14. The fourth-order valence-corrected chi connectivity index (χ4v) is 3.60. The quantitative estimate of drug-likeness (QED) is 0.596. The van der Waals surface area contributed by atoms with Gasteiger partial charge in [0.15, 0.2) is 0 Å². The molecule has 2 heteroatoms. The molecule has 0 aromatic carbocycles. The maximum absolute atomic E-state index is 12.2. The molecule has 0 aromatic heterocycles. The van der Waals surface area contributed by atoms with Crippen LogP contribution in [0.2, 0.25) is 0 Å². The molecule has 0 N–H and O–H groups in total. The number of carbonyl (C=O) groups is 1. The van der Waals surface area contributed by atoms with E-state index in [4.69, 9.17) is 4.74 Å². The molecule has 1 atom stereocenters. The average Bonchev–Trinajstić information content (AvgIpc) is 2.37. The maximum Gasteiger partial charge on any atom is 0.308 e. The summed E-state index contributed by atoms with van der Waals surface area (Å²) in [6.07, 6.45) is 5.50. The van der Waals surface area contributed by atoms with Crippen LogP contribution in [0, 0.1) is 28.6 Å². The average molecular weight is 311 g/mol. The van der Waals surface area contributed by atoms with Crippen LogP contribution in [0.4, 0.5) is 0 Å². The van der Waals surface area contributed by atoms with E-state index in [1.165, 1.54) is 12.8 Å². The predicted molar refractivity (Wildman–Crippen MR) is 93.7 cm³/mol. The van der Waals surface area contributed by atoms with E-state index in [2.05, 4.69) is 48.5 Å². The SMILES string of the molecule is CC(C)CC(C)C(=O)OC1CCC(C(C)(C)C(C)(C)C)CC1. The second kappa shape index (κ2) is 7.36. The number of esters is 1. The van der Waals surface area contributed by atoms with Crippen LogP contribution in [0.1, 0.15) is 87.5 Å². The van der Waals surface area contributed by atoms with Gasteiger partial charge in [-0.3, -0.25) is 4.79 Å². The van der Waals surface area contributed by atoms with Crippen molar-refractivity contribution in [2.45, 2.75) is 93.6 Å². The van der Waals surface area contributed by atoms with E-state index in [1.807, 2.05) is 6.92 Å². The zero-order valence-electron chi connectivity index (χ0n) is 16.2. The van der Waals surface area contributed by atoms with Gasteiger partial charge >= 0.3 is 5.97 Å². The zero-order chi connectivity index (χ0) is 17.1. The van der Waals surface area contributed by atoms with Gasteiger partial charge in [-0.1, -0.05) is 55.4 Å². The lowest BCUT2D eigenvalue weighted by Crippen LogP contribution is -2.40. The lowest BCUT2D eigenvalue weighted by Gasteiger charge is -2.47. The lowest BCUT2D eigenvalue weighted by molar-refractivity contribution is -0.156. The molecule has 1 saturated carbocycles. The third-order valence-electron chi connectivity index (χ3n) is 6.14. The van der Waals surface area contributed by atoms with Gasteiger partial charge in [-0.25, -0.2) is 0 Å². The Labute approximate surface area is 138 Å². The number of ether oxygens (including phenoxy) is 1. The number of carbonyl (C=O) groups excluding carboxylic acids is 1. The summed E-state index contributed by atoms with van der Waals surface area (Å²) in [6.45, 7) is 18.1. The summed E-state index contributed by atoms with van der Waals surface area (Å²) in [5.41, 5.74) is 0.639. The molecule has 0 radical (unpaired) electrons. The molecule has 0 aromatic rings. The van der Waals surface area contributed by atoms with Gasteiger partial charge < -0.3 is 4.74 Å².